The minimum absolute atomic E-state index is 0.0387. The molecule has 1 saturated heterocycles. The number of anilines is 1. The quantitative estimate of drug-likeness (QED) is 0.794. The van der Waals surface area contributed by atoms with E-state index in [-0.39, 0.29) is 30.2 Å². The summed E-state index contributed by atoms with van der Waals surface area (Å²) in [6.07, 6.45) is 0.389. The number of halogens is 1. The van der Waals surface area contributed by atoms with Crippen molar-refractivity contribution < 1.29 is 19.1 Å². The number of hydrogen-bond donors (Lipinski definition) is 1. The maximum Gasteiger partial charge on any atom is 0.262 e. The molecule has 1 atom stereocenters. The largest absolute Gasteiger partial charge is 0.477 e. The molecular weight excluding hydrogens is 418 g/mol. The van der Waals surface area contributed by atoms with E-state index in [9.17, 15) is 14.4 Å². The smallest absolute Gasteiger partial charge is 0.262 e. The molecular formula is C23H24ClN3O4. The standard InChI is InChI=1S/C23H24ClN3O4/c1-25-21(28)20-14-27(18-4-2-3-5-19(18)31-20)23(30)16-10-12-26(13-11-16)22(29)15-6-8-17(24)9-7-15/h2-9,16,20H,10-14H2,1H3,(H,25,28)/t20-/m1/s1. The van der Waals surface area contributed by atoms with Crippen LogP contribution in [0, 0.1) is 5.92 Å². The van der Waals surface area contributed by atoms with Crippen LogP contribution in [0.15, 0.2) is 48.5 Å². The third kappa shape index (κ3) is 4.37. The van der Waals surface area contributed by atoms with Gasteiger partial charge in [-0.2, -0.15) is 0 Å². The molecule has 2 aliphatic heterocycles. The Morgan fingerprint density at radius 1 is 1.03 bits per heavy atom. The van der Waals surface area contributed by atoms with E-state index in [0.717, 1.165) is 0 Å². The molecule has 0 aliphatic carbocycles. The Kier molecular flexibility index (Phi) is 6.13. The second-order valence-corrected chi connectivity index (χ2v) is 8.15. The number of piperidine rings is 1. The van der Waals surface area contributed by atoms with E-state index in [0.29, 0.717) is 48.0 Å². The molecule has 0 spiro atoms. The number of carbonyl (C=O) groups is 3. The van der Waals surface area contributed by atoms with Gasteiger partial charge < -0.3 is 19.9 Å². The predicted molar refractivity (Wildman–Crippen MR) is 117 cm³/mol. The number of amides is 3. The maximum atomic E-state index is 13.4. The Bertz CT molecular complexity index is 987. The molecule has 1 N–H and O–H groups in total. The van der Waals surface area contributed by atoms with Gasteiger partial charge in [0, 0.05) is 36.6 Å². The zero-order chi connectivity index (χ0) is 22.0. The predicted octanol–water partition coefficient (Wildman–Crippen LogP) is 2.73. The molecule has 0 unspecified atom stereocenters. The first-order valence-electron chi connectivity index (χ1n) is 10.3. The first-order chi connectivity index (χ1) is 15.0. The van der Waals surface area contributed by atoms with Crippen molar-refractivity contribution in [2.45, 2.75) is 18.9 Å². The molecule has 2 aromatic carbocycles. The van der Waals surface area contributed by atoms with Crippen LogP contribution in [0.2, 0.25) is 5.02 Å². The zero-order valence-corrected chi connectivity index (χ0v) is 18.0. The van der Waals surface area contributed by atoms with Gasteiger partial charge in [-0.15, -0.1) is 0 Å². The van der Waals surface area contributed by atoms with E-state index >= 15 is 0 Å². The van der Waals surface area contributed by atoms with Crippen LogP contribution >= 0.6 is 11.6 Å². The minimum Gasteiger partial charge on any atom is -0.477 e. The van der Waals surface area contributed by atoms with Crippen molar-refractivity contribution in [1.29, 1.82) is 0 Å². The van der Waals surface area contributed by atoms with Crippen molar-refractivity contribution in [2.75, 3.05) is 31.6 Å². The van der Waals surface area contributed by atoms with Gasteiger partial charge in [0.1, 0.15) is 5.75 Å². The lowest BCUT2D eigenvalue weighted by Crippen LogP contribution is -2.52. The number of fused-ring (bicyclic) bond motifs is 1. The van der Waals surface area contributed by atoms with Crippen LogP contribution in [0.25, 0.3) is 0 Å². The molecule has 162 valence electrons. The Morgan fingerprint density at radius 2 is 1.71 bits per heavy atom. The Hall–Kier alpha value is -3.06. The lowest BCUT2D eigenvalue weighted by Gasteiger charge is -2.38. The van der Waals surface area contributed by atoms with E-state index in [1.807, 2.05) is 18.2 Å². The molecule has 2 aliphatic rings. The highest BCUT2D eigenvalue weighted by Crippen LogP contribution is 2.35. The summed E-state index contributed by atoms with van der Waals surface area (Å²) in [6.45, 7) is 1.17. The second-order valence-electron chi connectivity index (χ2n) is 7.71. The number of likely N-dealkylation sites (tertiary alicyclic amines) is 1. The van der Waals surface area contributed by atoms with Crippen molar-refractivity contribution >= 4 is 35.0 Å². The molecule has 7 nitrogen and oxygen atoms in total. The van der Waals surface area contributed by atoms with E-state index < -0.39 is 6.10 Å². The molecule has 3 amide bonds. The summed E-state index contributed by atoms with van der Waals surface area (Å²) >= 11 is 5.90. The highest BCUT2D eigenvalue weighted by Gasteiger charge is 2.37. The summed E-state index contributed by atoms with van der Waals surface area (Å²) in [5.74, 6) is -0.0605. The number of ether oxygens (including phenoxy) is 1. The fourth-order valence-electron chi connectivity index (χ4n) is 4.07. The van der Waals surface area contributed by atoms with E-state index in [1.165, 1.54) is 0 Å². The number of para-hydroxylation sites is 2. The van der Waals surface area contributed by atoms with Crippen molar-refractivity contribution in [2.24, 2.45) is 5.92 Å². The van der Waals surface area contributed by atoms with Gasteiger partial charge >= 0.3 is 0 Å². The SMILES string of the molecule is CNC(=O)[C@H]1CN(C(=O)C2CCN(C(=O)c3ccc(Cl)cc3)CC2)c2ccccc2O1. The van der Waals surface area contributed by atoms with Gasteiger partial charge in [0.2, 0.25) is 5.91 Å². The average molecular weight is 442 g/mol. The molecule has 0 saturated carbocycles. The molecule has 31 heavy (non-hydrogen) atoms. The molecule has 0 aromatic heterocycles. The van der Waals surface area contributed by atoms with Crippen LogP contribution < -0.4 is 15.0 Å². The second kappa shape index (κ2) is 8.98. The third-order valence-corrected chi connectivity index (χ3v) is 6.05. The van der Waals surface area contributed by atoms with Gasteiger partial charge in [-0.25, -0.2) is 0 Å². The molecule has 4 rings (SSSR count). The highest BCUT2D eigenvalue weighted by molar-refractivity contribution is 6.30. The van der Waals surface area contributed by atoms with Gasteiger partial charge in [0.25, 0.3) is 11.8 Å². The topological polar surface area (TPSA) is 79.0 Å². The summed E-state index contributed by atoms with van der Waals surface area (Å²) in [6, 6.07) is 14.1. The summed E-state index contributed by atoms with van der Waals surface area (Å²) in [5, 5.41) is 3.17. The number of carbonyl (C=O) groups excluding carboxylic acids is 3. The molecule has 2 aromatic rings. The van der Waals surface area contributed by atoms with Gasteiger partial charge in [0.15, 0.2) is 6.10 Å². The Labute approximate surface area is 185 Å². The van der Waals surface area contributed by atoms with E-state index in [1.54, 1.807) is 47.2 Å². The lowest BCUT2D eigenvalue weighted by molar-refractivity contribution is -0.128. The number of hydrogen-bond acceptors (Lipinski definition) is 4. The van der Waals surface area contributed by atoms with Crippen LogP contribution in [0.3, 0.4) is 0 Å². The van der Waals surface area contributed by atoms with Crippen LogP contribution in [-0.4, -0.2) is 55.4 Å². The molecule has 2 heterocycles. The molecule has 0 radical (unpaired) electrons. The van der Waals surface area contributed by atoms with Gasteiger partial charge in [-0.3, -0.25) is 14.4 Å². The van der Waals surface area contributed by atoms with Crippen molar-refractivity contribution in [3.63, 3.8) is 0 Å². The maximum absolute atomic E-state index is 13.4. The van der Waals surface area contributed by atoms with Gasteiger partial charge in [-0.1, -0.05) is 23.7 Å². The normalized spacial score (nSPS) is 18.7. The summed E-state index contributed by atoms with van der Waals surface area (Å²) in [7, 11) is 1.55. The number of nitrogens with one attached hydrogen (secondary N) is 1. The fourth-order valence-corrected chi connectivity index (χ4v) is 4.19. The first kappa shape index (κ1) is 21.2. The number of nitrogens with zero attached hydrogens (tertiary/aromatic N) is 2. The molecule has 1 fully saturated rings. The van der Waals surface area contributed by atoms with E-state index in [2.05, 4.69) is 5.32 Å². The van der Waals surface area contributed by atoms with Crippen LogP contribution in [0.5, 0.6) is 5.75 Å². The minimum atomic E-state index is -0.754. The molecule has 8 heteroatoms. The van der Waals surface area contributed by atoms with Crippen LogP contribution in [-0.2, 0) is 9.59 Å². The Morgan fingerprint density at radius 3 is 2.39 bits per heavy atom. The highest BCUT2D eigenvalue weighted by atomic mass is 35.5. The third-order valence-electron chi connectivity index (χ3n) is 5.80. The summed E-state index contributed by atoms with van der Waals surface area (Å²) in [4.78, 5) is 41.7. The number of benzene rings is 2. The average Bonchev–Trinajstić information content (AvgIpc) is 2.82. The Balaban J connectivity index is 1.45. The monoisotopic (exact) mass is 441 g/mol. The van der Waals surface area contributed by atoms with Crippen LogP contribution in [0.1, 0.15) is 23.2 Å². The fraction of sp³-hybridized carbons (Fsp3) is 0.348. The van der Waals surface area contributed by atoms with Crippen LogP contribution in [0.4, 0.5) is 5.69 Å². The lowest BCUT2D eigenvalue weighted by atomic mass is 9.94. The zero-order valence-electron chi connectivity index (χ0n) is 17.2. The molecule has 0 bridgehead atoms. The first-order valence-corrected chi connectivity index (χ1v) is 10.7. The summed E-state index contributed by atoms with van der Waals surface area (Å²) < 4.78 is 5.79. The number of likely N-dealkylation sites (N-methyl/N-ethyl adjacent to an activating group) is 1. The summed E-state index contributed by atoms with van der Waals surface area (Å²) in [5.41, 5.74) is 1.26. The van der Waals surface area contributed by atoms with Crippen molar-refractivity contribution in [1.82, 2.24) is 10.2 Å². The number of rotatable bonds is 3. The van der Waals surface area contributed by atoms with Gasteiger partial charge in [0.05, 0.1) is 12.2 Å². The van der Waals surface area contributed by atoms with Crippen molar-refractivity contribution in [3.8, 4) is 5.75 Å². The van der Waals surface area contributed by atoms with E-state index in [4.69, 9.17) is 16.3 Å². The van der Waals surface area contributed by atoms with Gasteiger partial charge in [-0.05, 0) is 49.2 Å². The van der Waals surface area contributed by atoms with Crippen molar-refractivity contribution in [3.05, 3.63) is 59.1 Å².